The maximum Gasteiger partial charge on any atom is 0.340 e. The van der Waals surface area contributed by atoms with Crippen molar-refractivity contribution in [2.75, 3.05) is 19.0 Å². The first-order valence-corrected chi connectivity index (χ1v) is 7.94. The molecular weight excluding hydrogens is 276 g/mol. The summed E-state index contributed by atoms with van der Waals surface area (Å²) in [5, 5.41) is 9.88. The van der Waals surface area contributed by atoms with Gasteiger partial charge in [0.2, 0.25) is 0 Å². The Balaban J connectivity index is 2.09. The molecule has 0 aliphatic heterocycles. The standard InChI is InChI=1S/C14H20N2O3S/c1-3-6-19-7-8-20-13-11(14(17)18)9(2)15-12(16-13)10-4-5-10/h10H,3-8H2,1-2H3,(H,17,18). The molecule has 0 amide bonds. The number of ether oxygens (including phenoxy) is 1. The lowest BCUT2D eigenvalue weighted by molar-refractivity contribution is 0.0690. The van der Waals surface area contributed by atoms with Gasteiger partial charge < -0.3 is 9.84 Å². The van der Waals surface area contributed by atoms with Gasteiger partial charge in [-0.25, -0.2) is 14.8 Å². The van der Waals surface area contributed by atoms with Crippen molar-refractivity contribution in [2.45, 2.75) is 44.1 Å². The first-order valence-electron chi connectivity index (χ1n) is 6.95. The second kappa shape index (κ2) is 7.04. The van der Waals surface area contributed by atoms with E-state index >= 15 is 0 Å². The number of hydrogen-bond donors (Lipinski definition) is 1. The third kappa shape index (κ3) is 3.93. The van der Waals surface area contributed by atoms with Gasteiger partial charge in [-0.15, -0.1) is 11.8 Å². The summed E-state index contributed by atoms with van der Waals surface area (Å²) in [4.78, 5) is 20.1. The fraction of sp³-hybridized carbons (Fsp3) is 0.643. The highest BCUT2D eigenvalue weighted by Crippen LogP contribution is 2.39. The number of aromatic carboxylic acids is 1. The zero-order chi connectivity index (χ0) is 14.5. The molecule has 1 aliphatic carbocycles. The van der Waals surface area contributed by atoms with Gasteiger partial charge in [-0.2, -0.15) is 0 Å². The molecule has 1 heterocycles. The van der Waals surface area contributed by atoms with E-state index in [-0.39, 0.29) is 5.56 Å². The van der Waals surface area contributed by atoms with E-state index in [0.29, 0.717) is 29.0 Å². The second-order valence-electron chi connectivity index (χ2n) is 4.89. The summed E-state index contributed by atoms with van der Waals surface area (Å²) in [6, 6.07) is 0. The van der Waals surface area contributed by atoms with Gasteiger partial charge in [-0.05, 0) is 26.2 Å². The van der Waals surface area contributed by atoms with Gasteiger partial charge in [-0.3, -0.25) is 0 Å². The summed E-state index contributed by atoms with van der Waals surface area (Å²) in [6.07, 6.45) is 3.20. The highest BCUT2D eigenvalue weighted by Gasteiger charge is 2.29. The Hall–Kier alpha value is -1.14. The molecule has 1 saturated carbocycles. The Labute approximate surface area is 123 Å². The minimum atomic E-state index is -0.957. The third-order valence-electron chi connectivity index (χ3n) is 3.05. The quantitative estimate of drug-likeness (QED) is 0.452. The monoisotopic (exact) mass is 296 g/mol. The highest BCUT2D eigenvalue weighted by molar-refractivity contribution is 7.99. The molecule has 0 spiro atoms. The molecule has 0 bridgehead atoms. The van der Waals surface area contributed by atoms with Gasteiger partial charge in [-0.1, -0.05) is 6.92 Å². The summed E-state index contributed by atoms with van der Waals surface area (Å²) in [7, 11) is 0. The van der Waals surface area contributed by atoms with Crippen molar-refractivity contribution in [1.29, 1.82) is 0 Å². The predicted octanol–water partition coefficient (Wildman–Crippen LogP) is 2.88. The zero-order valence-electron chi connectivity index (χ0n) is 11.9. The van der Waals surface area contributed by atoms with Gasteiger partial charge in [0.1, 0.15) is 16.4 Å². The maximum atomic E-state index is 11.3. The summed E-state index contributed by atoms with van der Waals surface area (Å²) >= 11 is 1.44. The lowest BCUT2D eigenvalue weighted by Crippen LogP contribution is -2.10. The minimum Gasteiger partial charge on any atom is -0.478 e. The van der Waals surface area contributed by atoms with Crippen molar-refractivity contribution < 1.29 is 14.6 Å². The lowest BCUT2D eigenvalue weighted by atomic mass is 10.2. The molecule has 0 atom stereocenters. The van der Waals surface area contributed by atoms with E-state index in [0.717, 1.165) is 31.7 Å². The Morgan fingerprint density at radius 2 is 2.15 bits per heavy atom. The number of aromatic nitrogens is 2. The summed E-state index contributed by atoms with van der Waals surface area (Å²) < 4.78 is 5.41. The molecule has 110 valence electrons. The van der Waals surface area contributed by atoms with E-state index < -0.39 is 5.97 Å². The molecule has 5 nitrogen and oxygen atoms in total. The SMILES string of the molecule is CCCOCCSc1nc(C2CC2)nc(C)c1C(=O)O. The van der Waals surface area contributed by atoms with Crippen LogP contribution in [-0.4, -0.2) is 40.0 Å². The predicted molar refractivity (Wildman–Crippen MR) is 77.5 cm³/mol. The van der Waals surface area contributed by atoms with Crippen LogP contribution >= 0.6 is 11.8 Å². The molecule has 1 aromatic rings. The van der Waals surface area contributed by atoms with Gasteiger partial charge in [0.05, 0.1) is 12.3 Å². The smallest absolute Gasteiger partial charge is 0.340 e. The van der Waals surface area contributed by atoms with E-state index in [1.165, 1.54) is 11.8 Å². The number of nitrogens with zero attached hydrogens (tertiary/aromatic N) is 2. The highest BCUT2D eigenvalue weighted by atomic mass is 32.2. The van der Waals surface area contributed by atoms with E-state index in [1.807, 2.05) is 0 Å². The molecule has 1 aliphatic rings. The van der Waals surface area contributed by atoms with Gasteiger partial charge >= 0.3 is 5.97 Å². The fourth-order valence-corrected chi connectivity index (χ4v) is 2.82. The topological polar surface area (TPSA) is 72.3 Å². The molecule has 0 aromatic carbocycles. The van der Waals surface area contributed by atoms with E-state index in [9.17, 15) is 9.90 Å². The molecule has 0 radical (unpaired) electrons. The number of rotatable bonds is 8. The average Bonchev–Trinajstić information content (AvgIpc) is 3.21. The first kappa shape index (κ1) is 15.3. The van der Waals surface area contributed by atoms with Crippen molar-refractivity contribution in [3.63, 3.8) is 0 Å². The molecular formula is C14H20N2O3S. The zero-order valence-corrected chi connectivity index (χ0v) is 12.7. The molecule has 2 rings (SSSR count). The van der Waals surface area contributed by atoms with Crippen LogP contribution in [0.4, 0.5) is 0 Å². The van der Waals surface area contributed by atoms with Gasteiger partial charge in [0, 0.05) is 18.3 Å². The Bertz CT molecular complexity index is 490. The number of carbonyl (C=O) groups is 1. The van der Waals surface area contributed by atoms with Crippen molar-refractivity contribution >= 4 is 17.7 Å². The van der Waals surface area contributed by atoms with Crippen LogP contribution in [0.5, 0.6) is 0 Å². The number of aryl methyl sites for hydroxylation is 1. The van der Waals surface area contributed by atoms with Crippen molar-refractivity contribution in [2.24, 2.45) is 0 Å². The first-order chi connectivity index (χ1) is 9.63. The Morgan fingerprint density at radius 1 is 1.40 bits per heavy atom. The summed E-state index contributed by atoms with van der Waals surface area (Å²) in [6.45, 7) is 5.15. The van der Waals surface area contributed by atoms with Crippen LogP contribution in [0.3, 0.4) is 0 Å². The average molecular weight is 296 g/mol. The minimum absolute atomic E-state index is 0.231. The number of thioether (sulfide) groups is 1. The van der Waals surface area contributed by atoms with Gasteiger partial charge in [0.15, 0.2) is 0 Å². The largest absolute Gasteiger partial charge is 0.478 e. The Kier molecular flexibility index (Phi) is 5.37. The molecule has 1 N–H and O–H groups in total. The molecule has 0 unspecified atom stereocenters. The molecule has 0 saturated heterocycles. The molecule has 1 aromatic heterocycles. The Morgan fingerprint density at radius 3 is 2.75 bits per heavy atom. The summed E-state index contributed by atoms with van der Waals surface area (Å²) in [5.74, 6) is 0.972. The molecule has 20 heavy (non-hydrogen) atoms. The number of carboxylic acid groups (broad SMARTS) is 1. The maximum absolute atomic E-state index is 11.3. The fourth-order valence-electron chi connectivity index (χ4n) is 1.89. The summed E-state index contributed by atoms with van der Waals surface area (Å²) in [5.41, 5.74) is 0.793. The van der Waals surface area contributed by atoms with Crippen molar-refractivity contribution in [1.82, 2.24) is 9.97 Å². The van der Waals surface area contributed by atoms with Crippen molar-refractivity contribution in [3.05, 3.63) is 17.1 Å². The van der Waals surface area contributed by atoms with Crippen LogP contribution in [0, 0.1) is 6.92 Å². The molecule has 1 fully saturated rings. The van der Waals surface area contributed by atoms with Crippen LogP contribution in [0.2, 0.25) is 0 Å². The number of hydrogen-bond acceptors (Lipinski definition) is 5. The van der Waals surface area contributed by atoms with Gasteiger partial charge in [0.25, 0.3) is 0 Å². The van der Waals surface area contributed by atoms with Crippen LogP contribution < -0.4 is 0 Å². The second-order valence-corrected chi connectivity index (χ2v) is 5.97. The van der Waals surface area contributed by atoms with Crippen molar-refractivity contribution in [3.8, 4) is 0 Å². The molecule has 6 heteroatoms. The third-order valence-corrected chi connectivity index (χ3v) is 3.98. The van der Waals surface area contributed by atoms with E-state index in [2.05, 4.69) is 16.9 Å². The van der Waals surface area contributed by atoms with Crippen LogP contribution in [0.15, 0.2) is 5.03 Å². The van der Waals surface area contributed by atoms with Crippen LogP contribution in [0.25, 0.3) is 0 Å². The number of carboxylic acids is 1. The lowest BCUT2D eigenvalue weighted by Gasteiger charge is -2.10. The normalized spacial score (nSPS) is 14.5. The van der Waals surface area contributed by atoms with Crippen LogP contribution in [-0.2, 0) is 4.74 Å². The van der Waals surface area contributed by atoms with E-state index in [1.54, 1.807) is 6.92 Å². The van der Waals surface area contributed by atoms with Crippen LogP contribution in [0.1, 0.15) is 54.0 Å². The van der Waals surface area contributed by atoms with E-state index in [4.69, 9.17) is 4.74 Å².